The van der Waals surface area contributed by atoms with E-state index in [2.05, 4.69) is 10.1 Å². The summed E-state index contributed by atoms with van der Waals surface area (Å²) in [4.78, 5) is 14.7. The Morgan fingerprint density at radius 1 is 1.48 bits per heavy atom. The summed E-state index contributed by atoms with van der Waals surface area (Å²) in [6.45, 7) is 5.76. The summed E-state index contributed by atoms with van der Waals surface area (Å²) in [5, 5.41) is 14.8. The lowest BCUT2D eigenvalue weighted by Gasteiger charge is -2.13. The third-order valence-electron chi connectivity index (χ3n) is 3.62. The van der Waals surface area contributed by atoms with Crippen LogP contribution in [0.3, 0.4) is 0 Å². The molecule has 112 valence electrons. The van der Waals surface area contributed by atoms with Crippen LogP contribution < -0.4 is 5.73 Å². The summed E-state index contributed by atoms with van der Waals surface area (Å²) < 4.78 is 5.25. The molecule has 7 nitrogen and oxygen atoms in total. The van der Waals surface area contributed by atoms with E-state index < -0.39 is 4.92 Å². The number of hydrogen-bond acceptors (Lipinski definition) is 6. The summed E-state index contributed by atoms with van der Waals surface area (Å²) in [5.74, 6) is 0.738. The fourth-order valence-electron chi connectivity index (χ4n) is 2.03. The Kier molecular flexibility index (Phi) is 4.32. The van der Waals surface area contributed by atoms with Gasteiger partial charge in [0.2, 0.25) is 11.7 Å². The highest BCUT2D eigenvalue weighted by Gasteiger charge is 2.21. The standard InChI is InChI=1S/C14H18N4O3/c1-4-12(15)9(3)14-16-13(17-21-14)11-7-10(18(19)20)6-5-8(11)2/h5-7,9,12H,4,15H2,1-3H3. The van der Waals surface area contributed by atoms with Gasteiger partial charge in [-0.3, -0.25) is 10.1 Å². The number of nitrogens with zero attached hydrogens (tertiary/aromatic N) is 3. The lowest BCUT2D eigenvalue weighted by molar-refractivity contribution is -0.384. The van der Waals surface area contributed by atoms with E-state index in [1.165, 1.54) is 12.1 Å². The Morgan fingerprint density at radius 2 is 2.19 bits per heavy atom. The fraction of sp³-hybridized carbons (Fsp3) is 0.429. The summed E-state index contributed by atoms with van der Waals surface area (Å²) in [6, 6.07) is 4.51. The summed E-state index contributed by atoms with van der Waals surface area (Å²) in [7, 11) is 0. The van der Waals surface area contributed by atoms with Crippen LogP contribution in [0.5, 0.6) is 0 Å². The number of rotatable bonds is 5. The van der Waals surface area contributed by atoms with E-state index >= 15 is 0 Å². The molecule has 0 saturated carbocycles. The van der Waals surface area contributed by atoms with Crippen molar-refractivity contribution in [3.63, 3.8) is 0 Å². The SMILES string of the molecule is CCC(N)C(C)c1nc(-c2cc([N+](=O)[O-])ccc2C)no1. The topological polar surface area (TPSA) is 108 Å². The van der Waals surface area contributed by atoms with Crippen LogP contribution in [-0.4, -0.2) is 21.1 Å². The second-order valence-electron chi connectivity index (χ2n) is 5.07. The number of aromatic nitrogens is 2. The average molecular weight is 290 g/mol. The number of hydrogen-bond donors (Lipinski definition) is 1. The van der Waals surface area contributed by atoms with E-state index in [1.54, 1.807) is 6.07 Å². The molecular formula is C14H18N4O3. The summed E-state index contributed by atoms with van der Waals surface area (Å²) in [5.41, 5.74) is 7.41. The zero-order valence-corrected chi connectivity index (χ0v) is 12.2. The Morgan fingerprint density at radius 3 is 2.81 bits per heavy atom. The third kappa shape index (κ3) is 3.08. The van der Waals surface area contributed by atoms with Gasteiger partial charge in [-0.25, -0.2) is 0 Å². The molecule has 21 heavy (non-hydrogen) atoms. The molecule has 0 saturated heterocycles. The molecule has 1 aromatic heterocycles. The number of non-ortho nitro benzene ring substituents is 1. The molecule has 0 spiro atoms. The van der Waals surface area contributed by atoms with Crippen molar-refractivity contribution in [1.82, 2.24) is 10.1 Å². The molecule has 0 bridgehead atoms. The van der Waals surface area contributed by atoms with Crippen molar-refractivity contribution in [1.29, 1.82) is 0 Å². The first-order valence-electron chi connectivity index (χ1n) is 6.78. The van der Waals surface area contributed by atoms with Gasteiger partial charge in [-0.05, 0) is 18.9 Å². The Bertz CT molecular complexity index is 653. The molecule has 2 atom stereocenters. The van der Waals surface area contributed by atoms with Crippen molar-refractivity contribution in [3.05, 3.63) is 39.8 Å². The van der Waals surface area contributed by atoms with Gasteiger partial charge in [-0.1, -0.05) is 25.1 Å². The van der Waals surface area contributed by atoms with E-state index in [9.17, 15) is 10.1 Å². The molecule has 0 aliphatic carbocycles. The molecule has 2 N–H and O–H groups in total. The molecule has 1 aromatic carbocycles. The van der Waals surface area contributed by atoms with Crippen molar-refractivity contribution < 1.29 is 9.45 Å². The van der Waals surface area contributed by atoms with E-state index in [0.29, 0.717) is 17.3 Å². The first-order chi connectivity index (χ1) is 9.93. The quantitative estimate of drug-likeness (QED) is 0.670. The minimum absolute atomic E-state index is 0.000239. The first-order valence-corrected chi connectivity index (χ1v) is 6.78. The zero-order chi connectivity index (χ0) is 15.6. The summed E-state index contributed by atoms with van der Waals surface area (Å²) in [6.07, 6.45) is 0.800. The molecule has 2 unspecified atom stereocenters. The maximum absolute atomic E-state index is 10.9. The van der Waals surface area contributed by atoms with Crippen molar-refractivity contribution >= 4 is 5.69 Å². The molecule has 7 heteroatoms. The van der Waals surface area contributed by atoms with Crippen LogP contribution in [-0.2, 0) is 0 Å². The molecule has 0 aliphatic rings. The van der Waals surface area contributed by atoms with Crippen LogP contribution in [0, 0.1) is 17.0 Å². The van der Waals surface area contributed by atoms with Crippen LogP contribution >= 0.6 is 0 Å². The highest BCUT2D eigenvalue weighted by atomic mass is 16.6. The maximum atomic E-state index is 10.9. The van der Waals surface area contributed by atoms with Crippen LogP contribution in [0.1, 0.15) is 37.6 Å². The van der Waals surface area contributed by atoms with E-state index in [-0.39, 0.29) is 17.6 Å². The number of nitro groups is 1. The maximum Gasteiger partial charge on any atom is 0.270 e. The first kappa shape index (κ1) is 15.1. The van der Waals surface area contributed by atoms with Gasteiger partial charge in [0.25, 0.3) is 5.69 Å². The van der Waals surface area contributed by atoms with Crippen molar-refractivity contribution in [2.45, 2.75) is 39.2 Å². The van der Waals surface area contributed by atoms with Gasteiger partial charge < -0.3 is 10.3 Å². The fourth-order valence-corrected chi connectivity index (χ4v) is 2.03. The number of nitrogens with two attached hydrogens (primary N) is 1. The molecule has 1 heterocycles. The largest absolute Gasteiger partial charge is 0.339 e. The Labute approximate surface area is 122 Å². The average Bonchev–Trinajstić information content (AvgIpc) is 2.95. The smallest absolute Gasteiger partial charge is 0.270 e. The van der Waals surface area contributed by atoms with Crippen molar-refractivity contribution in [2.75, 3.05) is 0 Å². The van der Waals surface area contributed by atoms with Crippen LogP contribution in [0.4, 0.5) is 5.69 Å². The van der Waals surface area contributed by atoms with Gasteiger partial charge in [-0.15, -0.1) is 0 Å². The van der Waals surface area contributed by atoms with Gasteiger partial charge in [0.05, 0.1) is 10.8 Å². The Balaban J connectivity index is 2.37. The second-order valence-corrected chi connectivity index (χ2v) is 5.07. The van der Waals surface area contributed by atoms with Crippen LogP contribution in [0.25, 0.3) is 11.4 Å². The number of benzene rings is 1. The predicted octanol–water partition coefficient (Wildman–Crippen LogP) is 2.79. The van der Waals surface area contributed by atoms with E-state index in [1.807, 2.05) is 20.8 Å². The lowest BCUT2D eigenvalue weighted by atomic mass is 10.0. The number of aryl methyl sites for hydroxylation is 1. The van der Waals surface area contributed by atoms with Crippen molar-refractivity contribution in [3.8, 4) is 11.4 Å². The van der Waals surface area contributed by atoms with Crippen LogP contribution in [0.2, 0.25) is 0 Å². The van der Waals surface area contributed by atoms with Crippen LogP contribution in [0.15, 0.2) is 22.7 Å². The van der Waals surface area contributed by atoms with Crippen molar-refractivity contribution in [2.24, 2.45) is 5.73 Å². The van der Waals surface area contributed by atoms with Gasteiger partial charge in [0, 0.05) is 23.7 Å². The lowest BCUT2D eigenvalue weighted by Crippen LogP contribution is -2.25. The predicted molar refractivity (Wildman–Crippen MR) is 77.8 cm³/mol. The molecular weight excluding hydrogens is 272 g/mol. The monoisotopic (exact) mass is 290 g/mol. The summed E-state index contributed by atoms with van der Waals surface area (Å²) >= 11 is 0. The third-order valence-corrected chi connectivity index (χ3v) is 3.62. The minimum Gasteiger partial charge on any atom is -0.339 e. The highest BCUT2D eigenvalue weighted by Crippen LogP contribution is 2.27. The van der Waals surface area contributed by atoms with Gasteiger partial charge in [-0.2, -0.15) is 4.98 Å². The Hall–Kier alpha value is -2.28. The van der Waals surface area contributed by atoms with Gasteiger partial charge >= 0.3 is 0 Å². The van der Waals surface area contributed by atoms with Gasteiger partial charge in [0.1, 0.15) is 0 Å². The molecule has 2 rings (SSSR count). The second kappa shape index (κ2) is 6.01. The van der Waals surface area contributed by atoms with Gasteiger partial charge in [0.15, 0.2) is 0 Å². The molecule has 0 amide bonds. The van der Waals surface area contributed by atoms with E-state index in [0.717, 1.165) is 12.0 Å². The minimum atomic E-state index is -0.445. The van der Waals surface area contributed by atoms with E-state index in [4.69, 9.17) is 10.3 Å². The normalized spacial score (nSPS) is 13.9. The highest BCUT2D eigenvalue weighted by molar-refractivity contribution is 5.63. The zero-order valence-electron chi connectivity index (χ0n) is 12.2. The molecule has 2 aromatic rings. The molecule has 0 aliphatic heterocycles. The molecule has 0 fully saturated rings. The number of nitro benzene ring substituents is 1. The molecule has 0 radical (unpaired) electrons.